The van der Waals surface area contributed by atoms with Crippen LogP contribution in [0.15, 0.2) is 164 Å². The molecule has 2 aromatic heterocycles. The Labute approximate surface area is 283 Å². The van der Waals surface area contributed by atoms with E-state index in [1.165, 1.54) is 0 Å². The van der Waals surface area contributed by atoms with Crippen molar-refractivity contribution in [1.82, 2.24) is 4.57 Å². The summed E-state index contributed by atoms with van der Waals surface area (Å²) in [5.41, 5.74) is 6.52. The summed E-state index contributed by atoms with van der Waals surface area (Å²) in [7, 11) is 0. The highest BCUT2D eigenvalue weighted by atomic mass is 35.5. The van der Waals surface area contributed by atoms with Crippen molar-refractivity contribution in [2.45, 2.75) is 0 Å². The Hall–Kier alpha value is -5.35. The molecule has 46 heavy (non-hydrogen) atoms. The zero-order chi connectivity index (χ0) is 35.0. The lowest BCUT2D eigenvalue weighted by molar-refractivity contribution is 1.19. The van der Waals surface area contributed by atoms with E-state index in [9.17, 15) is 0 Å². The quantitative estimate of drug-likeness (QED) is 0.183. The van der Waals surface area contributed by atoms with E-state index < -0.39 is 6.04 Å². The van der Waals surface area contributed by atoms with E-state index >= 15 is 0 Å². The van der Waals surface area contributed by atoms with Gasteiger partial charge in [-0.05, 0) is 78.3 Å². The fourth-order valence-corrected chi connectivity index (χ4v) is 8.07. The van der Waals surface area contributed by atoms with Crippen LogP contribution in [0.25, 0.3) is 58.8 Å². The zero-order valence-electron chi connectivity index (χ0n) is 29.4. The van der Waals surface area contributed by atoms with Gasteiger partial charge >= 0.3 is 0 Å². The molecule has 9 aromatic rings. The van der Waals surface area contributed by atoms with Crippen LogP contribution in [0.5, 0.6) is 0 Å². The molecule has 0 spiro atoms. The van der Waals surface area contributed by atoms with Crippen LogP contribution in [-0.4, -0.2) is 4.57 Å². The molecule has 0 aliphatic heterocycles. The third-order valence-corrected chi connectivity index (χ3v) is 9.89. The molecule has 0 N–H and O–H groups in total. The molecule has 0 saturated carbocycles. The molecule has 4 heteroatoms. The Kier molecular flexibility index (Phi) is 5.27. The van der Waals surface area contributed by atoms with Crippen LogP contribution in [-0.2, 0) is 0 Å². The summed E-state index contributed by atoms with van der Waals surface area (Å²) in [6, 6.07) is 43.2. The third-order valence-electron chi connectivity index (χ3n) is 8.47. The van der Waals surface area contributed by atoms with Crippen molar-refractivity contribution >= 4 is 82.0 Å². The largest absolute Gasteiger partial charge is 0.310 e. The van der Waals surface area contributed by atoms with Crippen LogP contribution in [0, 0.1) is 0 Å². The topological polar surface area (TPSA) is 8.17 Å². The maximum Gasteiger partial charge on any atom is 0.0645 e. The lowest BCUT2D eigenvalue weighted by atomic mass is 9.98. The predicted molar refractivity (Wildman–Crippen MR) is 199 cm³/mol. The molecule has 0 radical (unpaired) electrons. The molecule has 0 fully saturated rings. The number of halogens is 1. The molecule has 0 aliphatic rings. The SMILES string of the molecule is [2H]c1c([2H])c([2H])c(-n2c3ccccc3c3cc(-c4cc(Cl)cc(N(c5ccccc5)c5ccccc5)c4)c4sc5ccccc5c4c32)c([2H])c1[2H]. The van der Waals surface area contributed by atoms with Crippen molar-refractivity contribution in [1.29, 1.82) is 0 Å². The van der Waals surface area contributed by atoms with Gasteiger partial charge in [-0.25, -0.2) is 0 Å². The van der Waals surface area contributed by atoms with Crippen molar-refractivity contribution < 1.29 is 6.85 Å². The minimum absolute atomic E-state index is 0.128. The number of hydrogen-bond acceptors (Lipinski definition) is 2. The maximum atomic E-state index is 8.99. The van der Waals surface area contributed by atoms with E-state index in [-0.39, 0.29) is 29.9 Å². The number of para-hydroxylation sites is 4. The van der Waals surface area contributed by atoms with Crippen molar-refractivity contribution in [3.8, 4) is 16.8 Å². The summed E-state index contributed by atoms with van der Waals surface area (Å²) in [6.45, 7) is 0. The standard InChI is InChI=1S/C42H27ClN2S/c43-29-24-28(25-33(26-29)44(30-14-4-1-5-15-30)31-16-6-2-7-17-31)36-27-37-34-20-10-12-22-38(34)45(32-18-8-3-9-19-32)41(37)40-35-21-11-13-23-39(35)46-42(36)40/h1-27H/i3D,8D,9D,18D,19D. The van der Waals surface area contributed by atoms with Crippen molar-refractivity contribution in [2.24, 2.45) is 0 Å². The zero-order valence-corrected chi connectivity index (χ0v) is 26.0. The highest BCUT2D eigenvalue weighted by Gasteiger charge is 2.22. The molecular weight excluding hydrogens is 600 g/mol. The average Bonchev–Trinajstić information content (AvgIpc) is 3.70. The fraction of sp³-hybridized carbons (Fsp3) is 0. The van der Waals surface area contributed by atoms with Gasteiger partial charge in [-0.3, -0.25) is 0 Å². The summed E-state index contributed by atoms with van der Waals surface area (Å²) < 4.78 is 47.3. The van der Waals surface area contributed by atoms with Crippen LogP contribution in [0.2, 0.25) is 5.02 Å². The van der Waals surface area contributed by atoms with Gasteiger partial charge in [-0.2, -0.15) is 0 Å². The van der Waals surface area contributed by atoms with Gasteiger partial charge in [0.15, 0.2) is 0 Å². The first kappa shape index (κ1) is 22.2. The van der Waals surface area contributed by atoms with Gasteiger partial charge in [-0.15, -0.1) is 11.3 Å². The van der Waals surface area contributed by atoms with E-state index in [0.29, 0.717) is 5.02 Å². The first-order chi connectivity index (χ1) is 24.8. The first-order valence-electron chi connectivity index (χ1n) is 17.5. The molecule has 0 saturated heterocycles. The second kappa shape index (κ2) is 10.9. The maximum absolute atomic E-state index is 8.99. The Morgan fingerprint density at radius 3 is 2.00 bits per heavy atom. The number of thiophene rings is 1. The number of anilines is 3. The fourth-order valence-electron chi connectivity index (χ4n) is 6.60. The molecule has 218 valence electrons. The first-order valence-corrected chi connectivity index (χ1v) is 16.2. The highest BCUT2D eigenvalue weighted by molar-refractivity contribution is 7.26. The molecular formula is C42H27ClN2S. The summed E-state index contributed by atoms with van der Waals surface area (Å²) in [6.07, 6.45) is 0. The minimum Gasteiger partial charge on any atom is -0.310 e. The van der Waals surface area contributed by atoms with Gasteiger partial charge in [0.1, 0.15) is 0 Å². The summed E-state index contributed by atoms with van der Waals surface area (Å²) in [5.74, 6) is 0. The van der Waals surface area contributed by atoms with Gasteiger partial charge in [0.25, 0.3) is 0 Å². The Bertz CT molecular complexity index is 2760. The van der Waals surface area contributed by atoms with Gasteiger partial charge in [0.2, 0.25) is 0 Å². The van der Waals surface area contributed by atoms with Crippen LogP contribution >= 0.6 is 22.9 Å². The molecule has 0 atom stereocenters. The van der Waals surface area contributed by atoms with E-state index in [0.717, 1.165) is 70.2 Å². The smallest absolute Gasteiger partial charge is 0.0645 e. The molecule has 7 aromatic carbocycles. The number of nitrogens with zero attached hydrogens (tertiary/aromatic N) is 2. The van der Waals surface area contributed by atoms with E-state index in [1.807, 2.05) is 89.5 Å². The van der Waals surface area contributed by atoms with Crippen LogP contribution in [0.3, 0.4) is 0 Å². The second-order valence-corrected chi connectivity index (χ2v) is 12.6. The molecule has 9 rings (SSSR count). The number of hydrogen-bond donors (Lipinski definition) is 0. The number of rotatable bonds is 5. The lowest BCUT2D eigenvalue weighted by Gasteiger charge is -2.26. The summed E-state index contributed by atoms with van der Waals surface area (Å²) in [5, 5.41) is 4.40. The van der Waals surface area contributed by atoms with Crippen LogP contribution in [0.4, 0.5) is 17.1 Å². The Morgan fingerprint density at radius 1 is 0.609 bits per heavy atom. The van der Waals surface area contributed by atoms with Gasteiger partial charge in [0.05, 0.1) is 17.9 Å². The Balaban J connectivity index is 1.41. The molecule has 0 amide bonds. The van der Waals surface area contributed by atoms with Gasteiger partial charge in [-0.1, -0.05) is 103 Å². The van der Waals surface area contributed by atoms with Crippen LogP contribution in [0.1, 0.15) is 6.85 Å². The van der Waals surface area contributed by atoms with Crippen molar-refractivity contribution in [3.63, 3.8) is 0 Å². The predicted octanol–water partition coefficient (Wildman–Crippen LogP) is 12.9. The van der Waals surface area contributed by atoms with E-state index in [1.54, 1.807) is 11.3 Å². The average molecular weight is 632 g/mol. The van der Waals surface area contributed by atoms with E-state index in [4.69, 9.17) is 18.5 Å². The number of aromatic nitrogens is 1. The normalized spacial score (nSPS) is 13.1. The lowest BCUT2D eigenvalue weighted by Crippen LogP contribution is -2.09. The molecule has 0 aliphatic carbocycles. The van der Waals surface area contributed by atoms with Gasteiger partial charge < -0.3 is 9.47 Å². The highest BCUT2D eigenvalue weighted by Crippen LogP contribution is 2.48. The molecule has 0 unspecified atom stereocenters. The Morgan fingerprint density at radius 2 is 1.26 bits per heavy atom. The number of benzene rings is 7. The molecule has 0 bridgehead atoms. The molecule has 2 heterocycles. The third kappa shape index (κ3) is 4.32. The summed E-state index contributed by atoms with van der Waals surface area (Å²) >= 11 is 8.68. The second-order valence-electron chi connectivity index (χ2n) is 11.2. The van der Waals surface area contributed by atoms with Crippen LogP contribution < -0.4 is 4.90 Å². The van der Waals surface area contributed by atoms with Gasteiger partial charge in [0, 0.05) is 64.3 Å². The molecule has 2 nitrogen and oxygen atoms in total. The van der Waals surface area contributed by atoms with Crippen molar-refractivity contribution in [2.75, 3.05) is 4.90 Å². The van der Waals surface area contributed by atoms with Crippen molar-refractivity contribution in [3.05, 3.63) is 169 Å². The minimum atomic E-state index is -0.417. The number of fused-ring (bicyclic) bond motifs is 7. The van der Waals surface area contributed by atoms with E-state index in [2.05, 4.69) is 53.4 Å². The monoisotopic (exact) mass is 631 g/mol. The summed E-state index contributed by atoms with van der Waals surface area (Å²) in [4.78, 5) is 2.19.